The summed E-state index contributed by atoms with van der Waals surface area (Å²) < 4.78 is 10.3. The first kappa shape index (κ1) is 17.7. The van der Waals surface area contributed by atoms with Gasteiger partial charge in [0.15, 0.2) is 0 Å². The number of hydrogen-bond donors (Lipinski definition) is 2. The van der Waals surface area contributed by atoms with Crippen LogP contribution in [0.4, 0.5) is 0 Å². The van der Waals surface area contributed by atoms with Gasteiger partial charge in [0.2, 0.25) is 5.91 Å². The van der Waals surface area contributed by atoms with Crippen LogP contribution in [0.2, 0.25) is 0 Å². The van der Waals surface area contributed by atoms with Gasteiger partial charge in [0.25, 0.3) is 0 Å². The van der Waals surface area contributed by atoms with Gasteiger partial charge in [0.1, 0.15) is 19.2 Å². The van der Waals surface area contributed by atoms with E-state index in [0.29, 0.717) is 38.8 Å². The molecule has 1 atom stereocenters. The number of carbonyl (C=O) groups is 3. The van der Waals surface area contributed by atoms with Gasteiger partial charge in [-0.2, -0.15) is 0 Å². The highest BCUT2D eigenvalue weighted by Gasteiger charge is 2.10. The number of ether oxygens (including phenoxy) is 2. The van der Waals surface area contributed by atoms with Gasteiger partial charge in [-0.1, -0.05) is 0 Å². The molecule has 19 heavy (non-hydrogen) atoms. The molecule has 2 N–H and O–H groups in total. The molecule has 1 amide bonds. The summed E-state index contributed by atoms with van der Waals surface area (Å²) in [5, 5.41) is 5.40. The monoisotopic (exact) mass is 274 g/mol. The van der Waals surface area contributed by atoms with E-state index in [-0.39, 0.29) is 18.9 Å². The van der Waals surface area contributed by atoms with E-state index in [1.165, 1.54) is 0 Å². The lowest BCUT2D eigenvalue weighted by molar-refractivity contribution is -0.128. The third kappa shape index (κ3) is 11.5. The average Bonchev–Trinajstić information content (AvgIpc) is 2.42. The third-order valence-electron chi connectivity index (χ3n) is 2.21. The summed E-state index contributed by atoms with van der Waals surface area (Å²) in [6, 6.07) is -0.631. The van der Waals surface area contributed by atoms with Gasteiger partial charge in [-0.25, -0.2) is 0 Å². The molecule has 0 fully saturated rings. The SMILES string of the molecule is CNCCOCCOCC(=O)NC(C=O)CCC=O. The zero-order valence-electron chi connectivity index (χ0n) is 11.2. The van der Waals surface area contributed by atoms with Crippen LogP contribution in [0.5, 0.6) is 0 Å². The van der Waals surface area contributed by atoms with Crippen molar-refractivity contribution in [3.63, 3.8) is 0 Å². The number of amides is 1. The second-order valence-electron chi connectivity index (χ2n) is 3.82. The summed E-state index contributed by atoms with van der Waals surface area (Å²) in [5.74, 6) is -0.377. The van der Waals surface area contributed by atoms with E-state index in [4.69, 9.17) is 9.47 Å². The van der Waals surface area contributed by atoms with E-state index in [1.807, 2.05) is 7.05 Å². The summed E-state index contributed by atoms with van der Waals surface area (Å²) >= 11 is 0. The van der Waals surface area contributed by atoms with Crippen LogP contribution < -0.4 is 10.6 Å². The maximum absolute atomic E-state index is 11.4. The molecule has 0 bridgehead atoms. The minimum Gasteiger partial charge on any atom is -0.378 e. The zero-order valence-corrected chi connectivity index (χ0v) is 11.2. The first-order valence-corrected chi connectivity index (χ1v) is 6.23. The number of carbonyl (C=O) groups excluding carboxylic acids is 3. The van der Waals surface area contributed by atoms with Gasteiger partial charge in [-0.3, -0.25) is 4.79 Å². The molecule has 0 aliphatic carbocycles. The molecule has 0 aromatic heterocycles. The standard InChI is InChI=1S/C12H22N2O5/c1-13-4-6-18-7-8-19-10-12(17)14-11(9-16)3-2-5-15/h5,9,11,13H,2-4,6-8,10H2,1H3,(H,14,17). The molecule has 0 aliphatic rings. The first-order valence-electron chi connectivity index (χ1n) is 6.23. The van der Waals surface area contributed by atoms with E-state index in [2.05, 4.69) is 10.6 Å². The molecular weight excluding hydrogens is 252 g/mol. The van der Waals surface area contributed by atoms with Crippen molar-refractivity contribution in [3.05, 3.63) is 0 Å². The van der Waals surface area contributed by atoms with E-state index in [0.717, 1.165) is 6.54 Å². The maximum Gasteiger partial charge on any atom is 0.246 e. The fourth-order valence-corrected chi connectivity index (χ4v) is 1.23. The minimum absolute atomic E-state index is 0.124. The zero-order chi connectivity index (χ0) is 14.3. The van der Waals surface area contributed by atoms with Crippen molar-refractivity contribution in [2.24, 2.45) is 0 Å². The highest BCUT2D eigenvalue weighted by atomic mass is 16.5. The summed E-state index contributed by atoms with van der Waals surface area (Å²) in [6.45, 7) is 1.96. The number of rotatable bonds is 13. The topological polar surface area (TPSA) is 93.7 Å². The van der Waals surface area contributed by atoms with Gasteiger partial charge in [-0.15, -0.1) is 0 Å². The van der Waals surface area contributed by atoms with Crippen molar-refractivity contribution in [1.82, 2.24) is 10.6 Å². The molecule has 110 valence electrons. The molecular formula is C12H22N2O5. The first-order chi connectivity index (χ1) is 9.24. The molecule has 0 saturated carbocycles. The van der Waals surface area contributed by atoms with Crippen LogP contribution >= 0.6 is 0 Å². The predicted octanol–water partition coefficient (Wildman–Crippen LogP) is -1.10. The smallest absolute Gasteiger partial charge is 0.246 e. The fourth-order valence-electron chi connectivity index (χ4n) is 1.23. The lowest BCUT2D eigenvalue weighted by Crippen LogP contribution is -2.38. The quantitative estimate of drug-likeness (QED) is 0.327. The molecule has 0 saturated heterocycles. The molecule has 0 rings (SSSR count). The van der Waals surface area contributed by atoms with Crippen molar-refractivity contribution < 1.29 is 23.9 Å². The van der Waals surface area contributed by atoms with Gasteiger partial charge in [0.05, 0.1) is 25.9 Å². The Hall–Kier alpha value is -1.31. The van der Waals surface area contributed by atoms with Crippen LogP contribution in [0.25, 0.3) is 0 Å². The van der Waals surface area contributed by atoms with Crippen LogP contribution in [0.3, 0.4) is 0 Å². The van der Waals surface area contributed by atoms with Gasteiger partial charge < -0.3 is 29.7 Å². The Bertz CT molecular complexity index is 261. The Balaban J connectivity index is 3.51. The van der Waals surface area contributed by atoms with E-state index < -0.39 is 6.04 Å². The Morgan fingerprint density at radius 2 is 1.95 bits per heavy atom. The van der Waals surface area contributed by atoms with Crippen molar-refractivity contribution in [2.75, 3.05) is 40.0 Å². The van der Waals surface area contributed by atoms with Crippen LogP contribution in [-0.2, 0) is 23.9 Å². The second-order valence-corrected chi connectivity index (χ2v) is 3.82. The van der Waals surface area contributed by atoms with Crippen molar-refractivity contribution in [2.45, 2.75) is 18.9 Å². The van der Waals surface area contributed by atoms with Gasteiger partial charge in [-0.05, 0) is 13.5 Å². The number of hydrogen-bond acceptors (Lipinski definition) is 6. The lowest BCUT2D eigenvalue weighted by atomic mass is 10.2. The molecule has 0 radical (unpaired) electrons. The average molecular weight is 274 g/mol. The van der Waals surface area contributed by atoms with Crippen LogP contribution in [0, 0.1) is 0 Å². The van der Waals surface area contributed by atoms with Gasteiger partial charge >= 0.3 is 0 Å². The largest absolute Gasteiger partial charge is 0.378 e. The fraction of sp³-hybridized carbons (Fsp3) is 0.750. The molecule has 0 aromatic rings. The van der Waals surface area contributed by atoms with Crippen LogP contribution in [0.1, 0.15) is 12.8 Å². The van der Waals surface area contributed by atoms with Crippen LogP contribution in [0.15, 0.2) is 0 Å². The van der Waals surface area contributed by atoms with Gasteiger partial charge in [0, 0.05) is 13.0 Å². The van der Waals surface area contributed by atoms with Crippen molar-refractivity contribution in [3.8, 4) is 0 Å². The van der Waals surface area contributed by atoms with E-state index in [9.17, 15) is 14.4 Å². The summed E-state index contributed by atoms with van der Waals surface area (Å²) in [6.07, 6.45) is 1.87. The van der Waals surface area contributed by atoms with E-state index >= 15 is 0 Å². The molecule has 1 unspecified atom stereocenters. The number of likely N-dealkylation sites (N-methyl/N-ethyl adjacent to an activating group) is 1. The third-order valence-corrected chi connectivity index (χ3v) is 2.21. The Morgan fingerprint density at radius 1 is 1.21 bits per heavy atom. The predicted molar refractivity (Wildman–Crippen MR) is 68.9 cm³/mol. The Kier molecular flexibility index (Phi) is 12.2. The highest BCUT2D eigenvalue weighted by Crippen LogP contribution is 1.92. The van der Waals surface area contributed by atoms with E-state index in [1.54, 1.807) is 0 Å². The minimum atomic E-state index is -0.631. The summed E-state index contributed by atoms with van der Waals surface area (Å²) in [5.41, 5.74) is 0. The number of nitrogens with one attached hydrogen (secondary N) is 2. The van der Waals surface area contributed by atoms with Crippen molar-refractivity contribution in [1.29, 1.82) is 0 Å². The molecule has 7 nitrogen and oxygen atoms in total. The Morgan fingerprint density at radius 3 is 2.58 bits per heavy atom. The lowest BCUT2D eigenvalue weighted by Gasteiger charge is -2.11. The Labute approximate surface area is 113 Å². The molecule has 0 aromatic carbocycles. The number of aldehydes is 2. The molecule has 0 aliphatic heterocycles. The summed E-state index contributed by atoms with van der Waals surface area (Å²) in [4.78, 5) is 32.2. The highest BCUT2D eigenvalue weighted by molar-refractivity contribution is 5.80. The molecule has 0 spiro atoms. The maximum atomic E-state index is 11.4. The normalized spacial score (nSPS) is 11.8. The van der Waals surface area contributed by atoms with Crippen molar-refractivity contribution >= 4 is 18.5 Å². The molecule has 7 heteroatoms. The van der Waals surface area contributed by atoms with Crippen LogP contribution in [-0.4, -0.2) is 64.5 Å². The molecule has 0 heterocycles. The summed E-state index contributed by atoms with van der Waals surface area (Å²) in [7, 11) is 1.83. The second kappa shape index (κ2) is 13.1.